The van der Waals surface area contributed by atoms with Gasteiger partial charge in [0.05, 0.1) is 5.60 Å². The Balaban J connectivity index is 2.22. The lowest BCUT2D eigenvalue weighted by Crippen LogP contribution is -2.62. The summed E-state index contributed by atoms with van der Waals surface area (Å²) in [5.41, 5.74) is -1.02. The van der Waals surface area contributed by atoms with Crippen molar-refractivity contribution >= 4 is 5.97 Å². The molecular weight excluding hydrogens is 218 g/mol. The predicted molar refractivity (Wildman–Crippen MR) is 65.1 cm³/mol. The van der Waals surface area contributed by atoms with Gasteiger partial charge in [-0.05, 0) is 46.2 Å². The Bertz CT molecular complexity index is 297. The predicted octanol–water partition coefficient (Wildman–Crippen LogP) is 1.88. The van der Waals surface area contributed by atoms with E-state index in [0.29, 0.717) is 19.4 Å². The summed E-state index contributed by atoms with van der Waals surface area (Å²) in [4.78, 5) is 13.9. The summed E-state index contributed by atoms with van der Waals surface area (Å²) in [6.45, 7) is 6.38. The number of carboxylic acids is 1. The Morgan fingerprint density at radius 2 is 1.88 bits per heavy atom. The number of likely N-dealkylation sites (tertiary alicyclic amines) is 1. The quantitative estimate of drug-likeness (QED) is 0.802. The van der Waals surface area contributed by atoms with Crippen molar-refractivity contribution in [3.63, 3.8) is 0 Å². The third-order valence-electron chi connectivity index (χ3n) is 4.09. The minimum Gasteiger partial charge on any atom is -0.480 e. The maximum Gasteiger partial charge on any atom is 0.324 e. The smallest absolute Gasteiger partial charge is 0.324 e. The highest BCUT2D eigenvalue weighted by molar-refractivity contribution is 5.79. The van der Waals surface area contributed by atoms with Crippen molar-refractivity contribution in [2.45, 2.75) is 57.1 Å². The van der Waals surface area contributed by atoms with E-state index < -0.39 is 11.5 Å². The van der Waals surface area contributed by atoms with Crippen molar-refractivity contribution in [1.82, 2.24) is 4.90 Å². The van der Waals surface area contributed by atoms with Crippen molar-refractivity contribution in [2.24, 2.45) is 0 Å². The molecule has 0 aromatic heterocycles. The molecule has 0 aromatic carbocycles. The Kier molecular flexibility index (Phi) is 3.46. The molecule has 1 N–H and O–H groups in total. The van der Waals surface area contributed by atoms with E-state index in [4.69, 9.17) is 4.74 Å². The van der Waals surface area contributed by atoms with E-state index in [1.165, 1.54) is 6.42 Å². The highest BCUT2D eigenvalue weighted by Gasteiger charge is 2.50. The van der Waals surface area contributed by atoms with Gasteiger partial charge in [-0.1, -0.05) is 6.42 Å². The van der Waals surface area contributed by atoms with Crippen LogP contribution in [0.15, 0.2) is 0 Å². The molecule has 0 bridgehead atoms. The van der Waals surface area contributed by atoms with Gasteiger partial charge in [-0.2, -0.15) is 0 Å². The second-order valence-electron chi connectivity index (χ2n) is 5.92. The van der Waals surface area contributed by atoms with Crippen LogP contribution in [0.5, 0.6) is 0 Å². The van der Waals surface area contributed by atoms with E-state index in [2.05, 4.69) is 4.90 Å². The van der Waals surface area contributed by atoms with Crippen molar-refractivity contribution < 1.29 is 14.6 Å². The normalized spacial score (nSPS) is 34.5. The average molecular weight is 241 g/mol. The van der Waals surface area contributed by atoms with Gasteiger partial charge in [-0.15, -0.1) is 0 Å². The Hall–Kier alpha value is -0.610. The standard InChI is InChI=1S/C13H23NO3/c1-12(2)10-13(11(15)16,6-9-17-12)14-7-4-3-5-8-14/h3-10H2,1-2H3,(H,15,16). The molecule has 0 spiro atoms. The second-order valence-corrected chi connectivity index (χ2v) is 5.92. The first-order chi connectivity index (χ1) is 7.96. The summed E-state index contributed by atoms with van der Waals surface area (Å²) in [7, 11) is 0. The Labute approximate surface area is 103 Å². The summed E-state index contributed by atoms with van der Waals surface area (Å²) >= 11 is 0. The molecule has 2 heterocycles. The van der Waals surface area contributed by atoms with Gasteiger partial charge < -0.3 is 9.84 Å². The maximum atomic E-state index is 11.8. The Morgan fingerprint density at radius 1 is 1.24 bits per heavy atom. The van der Waals surface area contributed by atoms with Gasteiger partial charge in [0.25, 0.3) is 0 Å². The molecule has 2 saturated heterocycles. The van der Waals surface area contributed by atoms with E-state index in [-0.39, 0.29) is 5.60 Å². The van der Waals surface area contributed by atoms with Gasteiger partial charge in [-0.25, -0.2) is 0 Å². The van der Waals surface area contributed by atoms with E-state index in [9.17, 15) is 9.90 Å². The second kappa shape index (κ2) is 4.58. The minimum atomic E-state index is -0.692. The summed E-state index contributed by atoms with van der Waals surface area (Å²) in [6, 6.07) is 0. The van der Waals surface area contributed by atoms with Crippen molar-refractivity contribution in [1.29, 1.82) is 0 Å². The first-order valence-electron chi connectivity index (χ1n) is 6.59. The monoisotopic (exact) mass is 241 g/mol. The maximum absolute atomic E-state index is 11.8. The highest BCUT2D eigenvalue weighted by Crippen LogP contribution is 2.38. The van der Waals surface area contributed by atoms with Crippen LogP contribution in [0.25, 0.3) is 0 Å². The van der Waals surface area contributed by atoms with Gasteiger partial charge in [0.2, 0.25) is 0 Å². The first-order valence-corrected chi connectivity index (χ1v) is 6.59. The number of carbonyl (C=O) groups is 1. The molecule has 4 heteroatoms. The number of ether oxygens (including phenoxy) is 1. The summed E-state index contributed by atoms with van der Waals surface area (Å²) in [5, 5.41) is 9.68. The number of nitrogens with zero attached hydrogens (tertiary/aromatic N) is 1. The molecule has 2 aliphatic rings. The van der Waals surface area contributed by atoms with Crippen LogP contribution in [0.1, 0.15) is 46.0 Å². The van der Waals surface area contributed by atoms with Crippen molar-refractivity contribution in [2.75, 3.05) is 19.7 Å². The molecule has 2 aliphatic heterocycles. The van der Waals surface area contributed by atoms with E-state index >= 15 is 0 Å². The van der Waals surface area contributed by atoms with Crippen LogP contribution >= 0.6 is 0 Å². The SMILES string of the molecule is CC1(C)CC(C(=O)O)(N2CCCCC2)CCO1. The van der Waals surface area contributed by atoms with Crippen LogP contribution in [0, 0.1) is 0 Å². The van der Waals surface area contributed by atoms with Crippen LogP contribution in [-0.2, 0) is 9.53 Å². The summed E-state index contributed by atoms with van der Waals surface area (Å²) in [6.07, 6.45) is 4.68. The lowest BCUT2D eigenvalue weighted by molar-refractivity contribution is -0.173. The molecule has 0 radical (unpaired) electrons. The van der Waals surface area contributed by atoms with Crippen LogP contribution in [-0.4, -0.2) is 46.8 Å². The summed E-state index contributed by atoms with van der Waals surface area (Å²) < 4.78 is 5.67. The zero-order valence-corrected chi connectivity index (χ0v) is 10.9. The molecule has 98 valence electrons. The van der Waals surface area contributed by atoms with Crippen LogP contribution in [0.2, 0.25) is 0 Å². The molecule has 1 atom stereocenters. The van der Waals surface area contributed by atoms with Crippen LogP contribution in [0.3, 0.4) is 0 Å². The molecule has 0 saturated carbocycles. The molecule has 1 unspecified atom stereocenters. The van der Waals surface area contributed by atoms with Gasteiger partial charge >= 0.3 is 5.97 Å². The molecular formula is C13H23NO3. The van der Waals surface area contributed by atoms with Crippen molar-refractivity contribution in [3.8, 4) is 0 Å². The fraction of sp³-hybridized carbons (Fsp3) is 0.923. The fourth-order valence-corrected chi connectivity index (χ4v) is 3.25. The highest BCUT2D eigenvalue weighted by atomic mass is 16.5. The molecule has 0 amide bonds. The number of hydrogen-bond acceptors (Lipinski definition) is 3. The van der Waals surface area contributed by atoms with Gasteiger partial charge in [0, 0.05) is 13.0 Å². The number of aliphatic carboxylic acids is 1. The van der Waals surface area contributed by atoms with Gasteiger partial charge in [0.1, 0.15) is 5.54 Å². The average Bonchev–Trinajstić information content (AvgIpc) is 2.28. The molecule has 0 aliphatic carbocycles. The molecule has 2 fully saturated rings. The molecule has 4 nitrogen and oxygen atoms in total. The summed E-state index contributed by atoms with van der Waals surface area (Å²) in [5.74, 6) is -0.671. The van der Waals surface area contributed by atoms with E-state index in [0.717, 1.165) is 25.9 Å². The Morgan fingerprint density at radius 3 is 2.41 bits per heavy atom. The fourth-order valence-electron chi connectivity index (χ4n) is 3.25. The number of carboxylic acid groups (broad SMARTS) is 1. The lowest BCUT2D eigenvalue weighted by Gasteiger charge is -2.49. The van der Waals surface area contributed by atoms with E-state index in [1.54, 1.807) is 0 Å². The first kappa shape index (κ1) is 12.8. The zero-order chi connectivity index (χ0) is 12.5. The number of rotatable bonds is 2. The molecule has 17 heavy (non-hydrogen) atoms. The minimum absolute atomic E-state index is 0.325. The number of hydrogen-bond donors (Lipinski definition) is 1. The molecule has 2 rings (SSSR count). The third kappa shape index (κ3) is 2.47. The largest absolute Gasteiger partial charge is 0.480 e. The van der Waals surface area contributed by atoms with Crippen LogP contribution < -0.4 is 0 Å². The van der Waals surface area contributed by atoms with Gasteiger partial charge in [-0.3, -0.25) is 9.69 Å². The molecule has 0 aromatic rings. The zero-order valence-electron chi connectivity index (χ0n) is 10.9. The van der Waals surface area contributed by atoms with E-state index in [1.807, 2.05) is 13.8 Å². The van der Waals surface area contributed by atoms with Crippen LogP contribution in [0.4, 0.5) is 0 Å². The number of piperidine rings is 1. The lowest BCUT2D eigenvalue weighted by atomic mass is 9.79. The van der Waals surface area contributed by atoms with Gasteiger partial charge in [0.15, 0.2) is 0 Å². The topological polar surface area (TPSA) is 49.8 Å². The van der Waals surface area contributed by atoms with Crippen molar-refractivity contribution in [3.05, 3.63) is 0 Å². The third-order valence-corrected chi connectivity index (χ3v) is 4.09.